The van der Waals surface area contributed by atoms with Gasteiger partial charge in [-0.1, -0.05) is 30.3 Å². The first-order chi connectivity index (χ1) is 13.2. The van der Waals surface area contributed by atoms with Crippen molar-refractivity contribution in [2.45, 2.75) is 44.3 Å². The summed E-state index contributed by atoms with van der Waals surface area (Å²) in [6.45, 7) is 4.63. The Hall–Kier alpha value is -1.47. The van der Waals surface area contributed by atoms with Crippen molar-refractivity contribution in [2.75, 3.05) is 39.4 Å². The van der Waals surface area contributed by atoms with Crippen LogP contribution in [0, 0.1) is 5.92 Å². The van der Waals surface area contributed by atoms with Crippen LogP contribution < -0.4 is 5.32 Å². The first-order valence-corrected chi connectivity index (χ1v) is 10.2. The summed E-state index contributed by atoms with van der Waals surface area (Å²) >= 11 is 0. The van der Waals surface area contributed by atoms with Gasteiger partial charge in [0.15, 0.2) is 0 Å². The molecule has 0 radical (unpaired) electrons. The van der Waals surface area contributed by atoms with Crippen molar-refractivity contribution in [3.05, 3.63) is 35.9 Å². The molecular formula is C21H33N3O3. The molecule has 3 N–H and O–H groups in total. The molecule has 0 aromatic heterocycles. The zero-order valence-electron chi connectivity index (χ0n) is 16.1. The third kappa shape index (κ3) is 5.75. The zero-order chi connectivity index (χ0) is 19.1. The van der Waals surface area contributed by atoms with Gasteiger partial charge in [-0.3, -0.25) is 14.6 Å². The Morgan fingerprint density at radius 3 is 2.44 bits per heavy atom. The number of hydrogen-bond acceptors (Lipinski definition) is 5. The first kappa shape index (κ1) is 20.3. The van der Waals surface area contributed by atoms with Crippen LogP contribution in [0.3, 0.4) is 0 Å². The quantitative estimate of drug-likeness (QED) is 0.658. The second-order valence-electron chi connectivity index (χ2n) is 7.90. The van der Waals surface area contributed by atoms with Crippen molar-refractivity contribution in [1.29, 1.82) is 0 Å². The Morgan fingerprint density at radius 1 is 1.07 bits per heavy atom. The van der Waals surface area contributed by atoms with Crippen LogP contribution in [0.1, 0.15) is 31.2 Å². The summed E-state index contributed by atoms with van der Waals surface area (Å²) in [5.74, 6) is -0.0731. The second-order valence-corrected chi connectivity index (χ2v) is 7.90. The fourth-order valence-electron chi connectivity index (χ4n) is 4.30. The molecule has 6 heteroatoms. The highest BCUT2D eigenvalue weighted by Crippen LogP contribution is 2.24. The van der Waals surface area contributed by atoms with E-state index in [-0.39, 0.29) is 25.0 Å². The van der Waals surface area contributed by atoms with Gasteiger partial charge in [0.2, 0.25) is 5.91 Å². The number of carbonyl (C=O) groups is 1. The number of piperidine rings is 2. The Morgan fingerprint density at radius 2 is 1.78 bits per heavy atom. The van der Waals surface area contributed by atoms with Crippen LogP contribution in [-0.2, 0) is 11.3 Å². The number of hydrogen-bond donors (Lipinski definition) is 3. The van der Waals surface area contributed by atoms with E-state index in [9.17, 15) is 4.79 Å². The molecule has 1 amide bonds. The molecule has 150 valence electrons. The van der Waals surface area contributed by atoms with Crippen LogP contribution in [0.5, 0.6) is 0 Å². The molecule has 0 saturated carbocycles. The van der Waals surface area contributed by atoms with Crippen molar-refractivity contribution < 1.29 is 15.0 Å². The number of amides is 1. The van der Waals surface area contributed by atoms with E-state index in [1.165, 1.54) is 5.56 Å². The van der Waals surface area contributed by atoms with Gasteiger partial charge in [-0.05, 0) is 50.9 Å². The first-order valence-electron chi connectivity index (χ1n) is 10.2. The Balaban J connectivity index is 1.46. The van der Waals surface area contributed by atoms with Crippen molar-refractivity contribution >= 4 is 5.91 Å². The number of nitrogens with one attached hydrogen (secondary N) is 1. The third-order valence-corrected chi connectivity index (χ3v) is 5.93. The van der Waals surface area contributed by atoms with E-state index in [0.29, 0.717) is 6.04 Å². The van der Waals surface area contributed by atoms with Crippen molar-refractivity contribution in [1.82, 2.24) is 15.1 Å². The van der Waals surface area contributed by atoms with Gasteiger partial charge in [0.1, 0.15) is 0 Å². The minimum atomic E-state index is -0.547. The predicted octanol–water partition coefficient (Wildman–Crippen LogP) is 0.832. The van der Waals surface area contributed by atoms with Crippen LogP contribution in [0.25, 0.3) is 0 Å². The van der Waals surface area contributed by atoms with E-state index in [0.717, 1.165) is 58.4 Å². The fraction of sp³-hybridized carbons (Fsp3) is 0.667. The molecule has 0 bridgehead atoms. The summed E-state index contributed by atoms with van der Waals surface area (Å²) < 4.78 is 0. The maximum absolute atomic E-state index is 12.4. The molecule has 1 aromatic carbocycles. The zero-order valence-corrected chi connectivity index (χ0v) is 16.1. The molecule has 3 rings (SSSR count). The molecule has 0 aliphatic carbocycles. The van der Waals surface area contributed by atoms with Gasteiger partial charge >= 0.3 is 0 Å². The summed E-state index contributed by atoms with van der Waals surface area (Å²) in [4.78, 5) is 17.4. The SMILES string of the molecule is O=C(NC(CO)CO)C1CCCN(C2CCN(Cc3ccccc3)CC2)C1. The lowest BCUT2D eigenvalue weighted by molar-refractivity contribution is -0.128. The largest absolute Gasteiger partial charge is 0.394 e. The van der Waals surface area contributed by atoms with E-state index >= 15 is 0 Å². The van der Waals surface area contributed by atoms with E-state index in [1.807, 2.05) is 0 Å². The fourth-order valence-corrected chi connectivity index (χ4v) is 4.30. The average Bonchev–Trinajstić information content (AvgIpc) is 2.73. The van der Waals surface area contributed by atoms with Crippen LogP contribution in [0.4, 0.5) is 0 Å². The van der Waals surface area contributed by atoms with Gasteiger partial charge in [0.05, 0.1) is 25.2 Å². The van der Waals surface area contributed by atoms with E-state index < -0.39 is 6.04 Å². The Labute approximate surface area is 162 Å². The molecule has 1 aromatic rings. The van der Waals surface area contributed by atoms with E-state index in [2.05, 4.69) is 45.4 Å². The number of rotatable bonds is 7. The monoisotopic (exact) mass is 375 g/mol. The molecule has 2 saturated heterocycles. The maximum atomic E-state index is 12.4. The molecular weight excluding hydrogens is 342 g/mol. The minimum absolute atomic E-state index is 0.0330. The molecule has 2 aliphatic rings. The van der Waals surface area contributed by atoms with E-state index in [1.54, 1.807) is 0 Å². The number of benzene rings is 1. The van der Waals surface area contributed by atoms with Gasteiger partial charge in [-0.25, -0.2) is 0 Å². The highest BCUT2D eigenvalue weighted by Gasteiger charge is 2.32. The molecule has 1 atom stereocenters. The number of aliphatic hydroxyl groups is 2. The molecule has 2 fully saturated rings. The van der Waals surface area contributed by atoms with Crippen molar-refractivity contribution in [2.24, 2.45) is 5.92 Å². The number of likely N-dealkylation sites (tertiary alicyclic amines) is 2. The summed E-state index contributed by atoms with van der Waals surface area (Å²) in [7, 11) is 0. The number of aliphatic hydroxyl groups excluding tert-OH is 2. The number of nitrogens with zero attached hydrogens (tertiary/aromatic N) is 2. The van der Waals surface area contributed by atoms with Crippen LogP contribution in [0.15, 0.2) is 30.3 Å². The topological polar surface area (TPSA) is 76.0 Å². The molecule has 27 heavy (non-hydrogen) atoms. The standard InChI is InChI=1S/C21H33N3O3/c25-15-19(16-26)22-21(27)18-7-4-10-24(14-18)20-8-11-23(12-9-20)13-17-5-2-1-3-6-17/h1-3,5-6,18-20,25-26H,4,7-16H2,(H,22,27). The normalized spacial score (nSPS) is 22.9. The Kier molecular flexibility index (Phi) is 7.64. The second kappa shape index (κ2) is 10.2. The summed E-state index contributed by atoms with van der Waals surface area (Å²) in [6, 6.07) is 10.6. The number of carbonyl (C=O) groups excluding carboxylic acids is 1. The Bertz CT molecular complexity index is 571. The lowest BCUT2D eigenvalue weighted by Gasteiger charge is -2.42. The smallest absolute Gasteiger partial charge is 0.224 e. The molecule has 6 nitrogen and oxygen atoms in total. The third-order valence-electron chi connectivity index (χ3n) is 5.93. The summed E-state index contributed by atoms with van der Waals surface area (Å²) in [6.07, 6.45) is 4.22. The predicted molar refractivity (Wildman–Crippen MR) is 105 cm³/mol. The molecule has 0 spiro atoms. The van der Waals surface area contributed by atoms with Crippen LogP contribution in [-0.4, -0.2) is 77.4 Å². The van der Waals surface area contributed by atoms with Gasteiger partial charge < -0.3 is 15.5 Å². The highest BCUT2D eigenvalue weighted by atomic mass is 16.3. The van der Waals surface area contributed by atoms with E-state index in [4.69, 9.17) is 10.2 Å². The summed E-state index contributed by atoms with van der Waals surface area (Å²) in [5.41, 5.74) is 1.37. The average molecular weight is 376 g/mol. The lowest BCUT2D eigenvalue weighted by atomic mass is 9.93. The minimum Gasteiger partial charge on any atom is -0.394 e. The molecule has 2 heterocycles. The maximum Gasteiger partial charge on any atom is 0.224 e. The van der Waals surface area contributed by atoms with Gasteiger partial charge in [-0.15, -0.1) is 0 Å². The van der Waals surface area contributed by atoms with Crippen LogP contribution >= 0.6 is 0 Å². The lowest BCUT2D eigenvalue weighted by Crippen LogP contribution is -2.52. The van der Waals surface area contributed by atoms with Gasteiger partial charge in [0.25, 0.3) is 0 Å². The van der Waals surface area contributed by atoms with Gasteiger partial charge in [0, 0.05) is 19.1 Å². The van der Waals surface area contributed by atoms with Crippen LogP contribution in [0.2, 0.25) is 0 Å². The van der Waals surface area contributed by atoms with Crippen molar-refractivity contribution in [3.8, 4) is 0 Å². The van der Waals surface area contributed by atoms with Gasteiger partial charge in [-0.2, -0.15) is 0 Å². The molecule has 2 aliphatic heterocycles. The molecule has 1 unspecified atom stereocenters. The highest BCUT2D eigenvalue weighted by molar-refractivity contribution is 5.79. The summed E-state index contributed by atoms with van der Waals surface area (Å²) in [5, 5.41) is 21.1. The van der Waals surface area contributed by atoms with Crippen molar-refractivity contribution in [3.63, 3.8) is 0 Å².